The number of carbonyl (C=O) groups is 2. The molecule has 1 heterocycles. The molecule has 0 aliphatic carbocycles. The molecule has 0 atom stereocenters. The van der Waals surface area contributed by atoms with Crippen LogP contribution in [0.15, 0.2) is 46.4 Å². The largest absolute Gasteiger partial charge is 0.465 e. The third-order valence-electron chi connectivity index (χ3n) is 3.66. The Morgan fingerprint density at radius 3 is 2.38 bits per heavy atom. The van der Waals surface area contributed by atoms with Crippen LogP contribution in [-0.4, -0.2) is 40.3 Å². The highest BCUT2D eigenvalue weighted by molar-refractivity contribution is 7.86. The van der Waals surface area contributed by atoms with Crippen LogP contribution in [-0.2, 0) is 29.4 Å². The molecule has 0 saturated carbocycles. The number of methoxy groups -OCH3 is 2. The summed E-state index contributed by atoms with van der Waals surface area (Å²) in [5.41, 5.74) is -0.787. The van der Waals surface area contributed by atoms with E-state index in [0.717, 1.165) is 19.6 Å². The summed E-state index contributed by atoms with van der Waals surface area (Å²) >= 11 is 0. The molecule has 0 saturated heterocycles. The Hall–Kier alpha value is -3.20. The molecule has 2 aromatic rings. The quantitative estimate of drug-likeness (QED) is 0.734. The molecule has 2 aromatic carbocycles. The summed E-state index contributed by atoms with van der Waals surface area (Å²) in [6, 6.07) is 10.2. The van der Waals surface area contributed by atoms with Gasteiger partial charge in [-0.25, -0.2) is 9.59 Å². The van der Waals surface area contributed by atoms with Crippen molar-refractivity contribution in [2.45, 2.75) is 0 Å². The van der Waals surface area contributed by atoms with Crippen molar-refractivity contribution in [2.75, 3.05) is 14.2 Å². The minimum Gasteiger partial charge on any atom is -0.465 e. The molecule has 0 aromatic heterocycles. The maximum Gasteiger partial charge on any atom is 0.429 e. The predicted octanol–water partition coefficient (Wildman–Crippen LogP) is 1.65. The van der Waals surface area contributed by atoms with E-state index >= 15 is 0 Å². The summed E-state index contributed by atoms with van der Waals surface area (Å²) < 4.78 is 41.9. The van der Waals surface area contributed by atoms with Crippen LogP contribution in [0.2, 0.25) is 0 Å². The van der Waals surface area contributed by atoms with Crippen LogP contribution in [0.4, 0.5) is 0 Å². The van der Waals surface area contributed by atoms with E-state index in [-0.39, 0.29) is 11.3 Å². The first-order chi connectivity index (χ1) is 12.4. The molecule has 0 radical (unpaired) electrons. The zero-order valence-electron chi connectivity index (χ0n) is 13.8. The zero-order valence-corrected chi connectivity index (χ0v) is 14.6. The van der Waals surface area contributed by atoms with Crippen LogP contribution in [0, 0.1) is 0 Å². The van der Waals surface area contributed by atoms with Crippen molar-refractivity contribution in [3.63, 3.8) is 0 Å². The first-order valence-electron chi connectivity index (χ1n) is 7.31. The summed E-state index contributed by atoms with van der Waals surface area (Å²) in [4.78, 5) is 24.2. The average molecular weight is 375 g/mol. The zero-order chi connectivity index (χ0) is 18.9. The number of fused-ring (bicyclic) bond motifs is 3. The summed E-state index contributed by atoms with van der Waals surface area (Å²) in [5, 5.41) is 1.40. The van der Waals surface area contributed by atoms with E-state index in [1.807, 2.05) is 12.1 Å². The van der Waals surface area contributed by atoms with E-state index in [9.17, 15) is 18.0 Å². The maximum atomic E-state index is 12.2. The van der Waals surface area contributed by atoms with Crippen LogP contribution >= 0.6 is 0 Å². The number of rotatable bonds is 2. The number of esters is 2. The SMILES string of the molecule is COC(=O)C1=C/c2c(ccc3ccccc23)OS(=O)(=O)/N=C\1C(=O)OC. The van der Waals surface area contributed by atoms with Gasteiger partial charge in [0.25, 0.3) is 0 Å². The van der Waals surface area contributed by atoms with Crippen molar-refractivity contribution in [3.8, 4) is 5.75 Å². The summed E-state index contributed by atoms with van der Waals surface area (Å²) in [6.07, 6.45) is 1.30. The molecule has 134 valence electrons. The summed E-state index contributed by atoms with van der Waals surface area (Å²) in [7, 11) is -2.42. The van der Waals surface area contributed by atoms with E-state index < -0.39 is 28.0 Å². The van der Waals surface area contributed by atoms with Gasteiger partial charge in [-0.1, -0.05) is 30.3 Å². The molecule has 0 bridgehead atoms. The lowest BCUT2D eigenvalue weighted by Gasteiger charge is -2.15. The maximum absolute atomic E-state index is 12.2. The topological polar surface area (TPSA) is 108 Å². The molecule has 3 rings (SSSR count). The second-order valence-electron chi connectivity index (χ2n) is 5.19. The first kappa shape index (κ1) is 17.6. The molecule has 26 heavy (non-hydrogen) atoms. The van der Waals surface area contributed by atoms with Gasteiger partial charge in [0, 0.05) is 5.56 Å². The number of hydrogen-bond donors (Lipinski definition) is 0. The van der Waals surface area contributed by atoms with Crippen LogP contribution in [0.3, 0.4) is 0 Å². The van der Waals surface area contributed by atoms with E-state index in [1.54, 1.807) is 18.2 Å². The fraction of sp³-hybridized carbons (Fsp3) is 0.118. The molecule has 1 aliphatic rings. The lowest BCUT2D eigenvalue weighted by Crippen LogP contribution is -2.27. The van der Waals surface area contributed by atoms with Crippen molar-refractivity contribution in [3.05, 3.63) is 47.5 Å². The number of nitrogens with zero attached hydrogens (tertiary/aromatic N) is 1. The molecule has 0 unspecified atom stereocenters. The van der Waals surface area contributed by atoms with Crippen molar-refractivity contribution in [1.82, 2.24) is 0 Å². The fourth-order valence-electron chi connectivity index (χ4n) is 2.51. The van der Waals surface area contributed by atoms with Gasteiger partial charge in [0.15, 0.2) is 11.5 Å². The number of ether oxygens (including phenoxy) is 2. The highest BCUT2D eigenvalue weighted by Crippen LogP contribution is 2.33. The van der Waals surface area contributed by atoms with Crippen LogP contribution < -0.4 is 4.18 Å². The van der Waals surface area contributed by atoms with Gasteiger partial charge in [-0.05, 0) is 22.9 Å². The third kappa shape index (κ3) is 3.16. The van der Waals surface area contributed by atoms with Crippen LogP contribution in [0.25, 0.3) is 16.8 Å². The van der Waals surface area contributed by atoms with Gasteiger partial charge < -0.3 is 13.7 Å². The Balaban J connectivity index is 2.42. The molecule has 0 fully saturated rings. The standard InChI is InChI=1S/C17H13NO7S/c1-23-16(19)13-9-12-11-6-4-3-5-10(11)7-8-14(12)25-26(21,22)18-15(13)17(20)24-2/h3-9H,1-2H3/b13-9+,18-15+. The predicted molar refractivity (Wildman–Crippen MR) is 92.9 cm³/mol. The number of hydrogen-bond acceptors (Lipinski definition) is 7. The molecular formula is C17H13NO7S. The molecule has 8 nitrogen and oxygen atoms in total. The molecule has 0 N–H and O–H groups in total. The Morgan fingerprint density at radius 1 is 1.00 bits per heavy atom. The second-order valence-corrected chi connectivity index (χ2v) is 6.40. The summed E-state index contributed by atoms with van der Waals surface area (Å²) in [5.74, 6) is -2.08. The monoisotopic (exact) mass is 375 g/mol. The minimum atomic E-state index is -4.57. The first-order valence-corrected chi connectivity index (χ1v) is 8.67. The van der Waals surface area contributed by atoms with Crippen molar-refractivity contribution in [1.29, 1.82) is 0 Å². The van der Waals surface area contributed by atoms with Gasteiger partial charge >= 0.3 is 22.2 Å². The van der Waals surface area contributed by atoms with E-state index in [2.05, 4.69) is 13.9 Å². The number of benzene rings is 2. The molecule has 0 spiro atoms. The van der Waals surface area contributed by atoms with Gasteiger partial charge in [0.05, 0.1) is 19.8 Å². The minimum absolute atomic E-state index is 0.0298. The average Bonchev–Trinajstić information content (AvgIpc) is 2.62. The van der Waals surface area contributed by atoms with E-state index in [0.29, 0.717) is 10.9 Å². The van der Waals surface area contributed by atoms with Gasteiger partial charge in [0.2, 0.25) is 0 Å². The summed E-state index contributed by atoms with van der Waals surface area (Å²) in [6.45, 7) is 0. The Kier molecular flexibility index (Phi) is 4.47. The highest BCUT2D eigenvalue weighted by atomic mass is 32.2. The normalized spacial score (nSPS) is 19.5. The molecule has 9 heteroatoms. The highest BCUT2D eigenvalue weighted by Gasteiger charge is 2.31. The number of carbonyl (C=O) groups excluding carboxylic acids is 2. The van der Waals surface area contributed by atoms with Crippen molar-refractivity contribution < 1.29 is 31.7 Å². The van der Waals surface area contributed by atoms with E-state index in [4.69, 9.17) is 4.18 Å². The smallest absolute Gasteiger partial charge is 0.429 e. The molecular weight excluding hydrogens is 362 g/mol. The van der Waals surface area contributed by atoms with E-state index in [1.165, 1.54) is 12.1 Å². The van der Waals surface area contributed by atoms with Gasteiger partial charge in [-0.15, -0.1) is 4.40 Å². The Morgan fingerprint density at radius 2 is 1.69 bits per heavy atom. The third-order valence-corrected chi connectivity index (χ3v) is 4.45. The second kappa shape index (κ2) is 6.60. The van der Waals surface area contributed by atoms with Crippen molar-refractivity contribution >= 4 is 44.8 Å². The van der Waals surface area contributed by atoms with Crippen LogP contribution in [0.5, 0.6) is 5.75 Å². The van der Waals surface area contributed by atoms with Gasteiger partial charge in [-0.3, -0.25) is 0 Å². The molecule has 1 aliphatic heterocycles. The van der Waals surface area contributed by atoms with Gasteiger partial charge in [-0.2, -0.15) is 8.42 Å². The Bertz CT molecular complexity index is 1080. The van der Waals surface area contributed by atoms with Gasteiger partial charge in [0.1, 0.15) is 0 Å². The molecule has 0 amide bonds. The van der Waals surface area contributed by atoms with Crippen molar-refractivity contribution in [2.24, 2.45) is 4.40 Å². The van der Waals surface area contributed by atoms with Crippen LogP contribution in [0.1, 0.15) is 5.56 Å². The Labute approximate surface area is 149 Å². The lowest BCUT2D eigenvalue weighted by atomic mass is 9.99. The fourth-order valence-corrected chi connectivity index (χ4v) is 3.32. The lowest BCUT2D eigenvalue weighted by molar-refractivity contribution is -0.137.